The molecule has 2 nitrogen and oxygen atoms in total. The van der Waals surface area contributed by atoms with Gasteiger partial charge in [0.1, 0.15) is 11.9 Å². The molecule has 2 rings (SSSR count). The van der Waals surface area contributed by atoms with Crippen LogP contribution in [0.4, 0.5) is 0 Å². The smallest absolute Gasteiger partial charge is 0.139 e. The molecule has 0 unspecified atom stereocenters. The third-order valence-electron chi connectivity index (χ3n) is 5.73. The molecule has 0 radical (unpaired) electrons. The lowest BCUT2D eigenvalue weighted by molar-refractivity contribution is -0.130. The molecule has 0 N–H and O–H groups in total. The molecule has 26 heavy (non-hydrogen) atoms. The summed E-state index contributed by atoms with van der Waals surface area (Å²) in [6.07, 6.45) is 3.94. The molecule has 0 heterocycles. The maximum absolute atomic E-state index is 12.3. The second-order valence-corrected chi connectivity index (χ2v) is 8.17. The van der Waals surface area contributed by atoms with Crippen molar-refractivity contribution in [2.45, 2.75) is 72.5 Å². The minimum atomic E-state index is -0.334. The molecule has 1 fully saturated rings. The SMILES string of the molecule is CCC(=O)[C@@H](C)[C@@H](C#Cc1ccccc1)O[C@@H]1C[C@H](C)CC[C@H]1C(C)C. The summed E-state index contributed by atoms with van der Waals surface area (Å²) in [7, 11) is 0. The topological polar surface area (TPSA) is 26.3 Å². The standard InChI is InChI=1S/C24H34O2/c1-6-22(25)19(5)23(15-13-20-10-8-7-9-11-20)26-24-16-18(4)12-14-21(24)17(2)3/h7-11,17-19,21,23-24H,6,12,14,16H2,1-5H3/t18-,19-,21+,23-,24-/m1/s1. The molecule has 2 heteroatoms. The van der Waals surface area contributed by atoms with Crippen LogP contribution in [0.15, 0.2) is 30.3 Å². The lowest BCUT2D eigenvalue weighted by atomic mass is 9.75. The average Bonchev–Trinajstić information content (AvgIpc) is 2.64. The van der Waals surface area contributed by atoms with Gasteiger partial charge in [0.25, 0.3) is 0 Å². The van der Waals surface area contributed by atoms with Crippen LogP contribution in [0.25, 0.3) is 0 Å². The average molecular weight is 355 g/mol. The maximum Gasteiger partial charge on any atom is 0.139 e. The molecule has 0 aliphatic heterocycles. The van der Waals surface area contributed by atoms with E-state index in [0.29, 0.717) is 24.2 Å². The summed E-state index contributed by atoms with van der Waals surface area (Å²) >= 11 is 0. The van der Waals surface area contributed by atoms with Crippen LogP contribution in [-0.2, 0) is 9.53 Å². The molecular weight excluding hydrogens is 320 g/mol. The second-order valence-electron chi connectivity index (χ2n) is 8.17. The van der Waals surface area contributed by atoms with Crippen LogP contribution in [0.5, 0.6) is 0 Å². The number of hydrogen-bond donors (Lipinski definition) is 0. The van der Waals surface area contributed by atoms with Crippen molar-refractivity contribution in [2.75, 3.05) is 0 Å². The summed E-state index contributed by atoms with van der Waals surface area (Å²) in [6.45, 7) is 10.7. The fourth-order valence-electron chi connectivity index (χ4n) is 3.90. The Balaban J connectivity index is 2.22. The highest BCUT2D eigenvalue weighted by atomic mass is 16.5. The zero-order valence-corrected chi connectivity index (χ0v) is 17.0. The molecule has 0 spiro atoms. The Hall–Kier alpha value is -1.59. The van der Waals surface area contributed by atoms with Gasteiger partial charge < -0.3 is 4.74 Å². The molecule has 1 aromatic carbocycles. The van der Waals surface area contributed by atoms with Gasteiger partial charge in [-0.15, -0.1) is 0 Å². The van der Waals surface area contributed by atoms with E-state index in [4.69, 9.17) is 4.74 Å². The molecule has 1 aromatic rings. The van der Waals surface area contributed by atoms with E-state index < -0.39 is 0 Å². The van der Waals surface area contributed by atoms with Crippen molar-refractivity contribution in [1.29, 1.82) is 0 Å². The van der Waals surface area contributed by atoms with E-state index in [-0.39, 0.29) is 23.9 Å². The number of carbonyl (C=O) groups is 1. The van der Waals surface area contributed by atoms with Gasteiger partial charge in [-0.3, -0.25) is 4.79 Å². The highest BCUT2D eigenvalue weighted by molar-refractivity contribution is 5.81. The number of ether oxygens (including phenoxy) is 1. The number of Topliss-reactive ketones (excluding diaryl/α,β-unsaturated/α-hetero) is 1. The van der Waals surface area contributed by atoms with Crippen molar-refractivity contribution >= 4 is 5.78 Å². The first-order chi connectivity index (χ1) is 12.4. The van der Waals surface area contributed by atoms with Gasteiger partial charge >= 0.3 is 0 Å². The van der Waals surface area contributed by atoms with Gasteiger partial charge in [-0.25, -0.2) is 0 Å². The first kappa shape index (κ1) is 20.7. The zero-order chi connectivity index (χ0) is 19.1. The van der Waals surface area contributed by atoms with E-state index >= 15 is 0 Å². The van der Waals surface area contributed by atoms with Gasteiger partial charge in [0.05, 0.1) is 12.0 Å². The molecule has 0 saturated heterocycles. The van der Waals surface area contributed by atoms with Gasteiger partial charge in [-0.2, -0.15) is 0 Å². The number of rotatable bonds is 6. The van der Waals surface area contributed by atoms with Crippen molar-refractivity contribution in [3.63, 3.8) is 0 Å². The highest BCUT2D eigenvalue weighted by Crippen LogP contribution is 2.36. The minimum Gasteiger partial charge on any atom is -0.361 e. The number of benzene rings is 1. The molecule has 1 saturated carbocycles. The summed E-state index contributed by atoms with van der Waals surface area (Å²) in [5.74, 6) is 8.35. The molecule has 0 amide bonds. The van der Waals surface area contributed by atoms with Crippen LogP contribution in [0.2, 0.25) is 0 Å². The quantitative estimate of drug-likeness (QED) is 0.631. The summed E-state index contributed by atoms with van der Waals surface area (Å²) in [5, 5.41) is 0. The van der Waals surface area contributed by atoms with Crippen molar-refractivity contribution in [1.82, 2.24) is 0 Å². The van der Waals surface area contributed by atoms with E-state index in [2.05, 4.69) is 32.6 Å². The first-order valence-corrected chi connectivity index (χ1v) is 10.2. The largest absolute Gasteiger partial charge is 0.361 e. The summed E-state index contributed by atoms with van der Waals surface area (Å²) in [4.78, 5) is 12.3. The molecular formula is C24H34O2. The van der Waals surface area contributed by atoms with Crippen LogP contribution in [0, 0.1) is 35.5 Å². The van der Waals surface area contributed by atoms with Gasteiger partial charge in [-0.05, 0) is 42.7 Å². The van der Waals surface area contributed by atoms with Crippen molar-refractivity contribution in [3.05, 3.63) is 35.9 Å². The van der Waals surface area contributed by atoms with Crippen molar-refractivity contribution in [3.8, 4) is 11.8 Å². The summed E-state index contributed by atoms with van der Waals surface area (Å²) in [6, 6.07) is 9.95. The van der Waals surface area contributed by atoms with E-state index in [1.54, 1.807) is 0 Å². The Morgan fingerprint density at radius 1 is 1.19 bits per heavy atom. The Labute approximate surface area is 159 Å². The molecule has 5 atom stereocenters. The van der Waals surface area contributed by atoms with Crippen LogP contribution in [0.3, 0.4) is 0 Å². The number of hydrogen-bond acceptors (Lipinski definition) is 2. The van der Waals surface area contributed by atoms with E-state index in [1.165, 1.54) is 12.8 Å². The van der Waals surface area contributed by atoms with E-state index in [0.717, 1.165) is 12.0 Å². The van der Waals surface area contributed by atoms with Gasteiger partial charge in [0.2, 0.25) is 0 Å². The molecule has 0 bridgehead atoms. The normalized spacial score (nSPS) is 25.2. The molecule has 0 aromatic heterocycles. The van der Waals surface area contributed by atoms with Crippen LogP contribution >= 0.6 is 0 Å². The summed E-state index contributed by atoms with van der Waals surface area (Å²) in [5.41, 5.74) is 0.967. The fraction of sp³-hybridized carbons (Fsp3) is 0.625. The van der Waals surface area contributed by atoms with Crippen LogP contribution < -0.4 is 0 Å². The van der Waals surface area contributed by atoms with Gasteiger partial charge in [-0.1, -0.05) is 71.1 Å². The Morgan fingerprint density at radius 3 is 2.50 bits per heavy atom. The maximum atomic E-state index is 12.3. The predicted molar refractivity (Wildman–Crippen MR) is 108 cm³/mol. The van der Waals surface area contributed by atoms with Gasteiger partial charge in [0.15, 0.2) is 0 Å². The van der Waals surface area contributed by atoms with Crippen LogP contribution in [-0.4, -0.2) is 18.0 Å². The molecule has 1 aliphatic carbocycles. The van der Waals surface area contributed by atoms with Crippen molar-refractivity contribution < 1.29 is 9.53 Å². The van der Waals surface area contributed by atoms with E-state index in [1.807, 2.05) is 44.2 Å². The van der Waals surface area contributed by atoms with Crippen molar-refractivity contribution in [2.24, 2.45) is 23.7 Å². The number of carbonyl (C=O) groups excluding carboxylic acids is 1. The van der Waals surface area contributed by atoms with Gasteiger partial charge in [0, 0.05) is 12.0 Å². The molecule has 142 valence electrons. The monoisotopic (exact) mass is 354 g/mol. The zero-order valence-electron chi connectivity index (χ0n) is 17.0. The lowest BCUT2D eigenvalue weighted by Crippen LogP contribution is -2.39. The van der Waals surface area contributed by atoms with Crippen LogP contribution in [0.1, 0.15) is 65.9 Å². The summed E-state index contributed by atoms with van der Waals surface area (Å²) < 4.78 is 6.55. The lowest BCUT2D eigenvalue weighted by Gasteiger charge is -2.39. The Kier molecular flexibility index (Phi) is 7.91. The minimum absolute atomic E-state index is 0.193. The fourth-order valence-corrected chi connectivity index (χ4v) is 3.90. The number of ketones is 1. The van der Waals surface area contributed by atoms with E-state index in [9.17, 15) is 4.79 Å². The third kappa shape index (κ3) is 5.71. The second kappa shape index (κ2) is 9.93. The Bertz CT molecular complexity index is 623. The molecule has 1 aliphatic rings. The third-order valence-corrected chi connectivity index (χ3v) is 5.73. The predicted octanol–water partition coefficient (Wildman–Crippen LogP) is 5.50. The Morgan fingerprint density at radius 2 is 1.88 bits per heavy atom. The highest BCUT2D eigenvalue weighted by Gasteiger charge is 2.34. The first-order valence-electron chi connectivity index (χ1n) is 10.2.